The van der Waals surface area contributed by atoms with E-state index in [0.717, 1.165) is 38.8 Å². The summed E-state index contributed by atoms with van der Waals surface area (Å²) in [7, 11) is 0. The normalized spacial score (nSPS) is 14.2. The summed E-state index contributed by atoms with van der Waals surface area (Å²) in [4.78, 5) is 55.4. The summed E-state index contributed by atoms with van der Waals surface area (Å²) in [6.07, 6.45) is 21.4. The van der Waals surface area contributed by atoms with E-state index in [-0.39, 0.29) is 101 Å². The fourth-order valence-corrected chi connectivity index (χ4v) is 6.57. The van der Waals surface area contributed by atoms with E-state index in [1.54, 1.807) is 9.80 Å². The molecule has 0 bridgehead atoms. The van der Waals surface area contributed by atoms with Gasteiger partial charge in [0.05, 0.1) is 19.6 Å². The maximum atomic E-state index is 13.4. The van der Waals surface area contributed by atoms with Crippen LogP contribution >= 0.6 is 0 Å². The summed E-state index contributed by atoms with van der Waals surface area (Å²) in [5.41, 5.74) is 0. The van der Waals surface area contributed by atoms with Gasteiger partial charge in [-0.3, -0.25) is 33.9 Å². The summed E-state index contributed by atoms with van der Waals surface area (Å²) in [6, 6.07) is -0.330. The minimum atomic E-state index is -0.984. The molecule has 3 N–H and O–H groups in total. The molecule has 0 saturated carbocycles. The van der Waals surface area contributed by atoms with E-state index in [2.05, 4.69) is 18.7 Å². The first kappa shape index (κ1) is 51.2. The van der Waals surface area contributed by atoms with Crippen molar-refractivity contribution >= 4 is 23.8 Å². The number of hydrogen-bond acceptors (Lipinski definition) is 7. The molecule has 1 fully saturated rings. The van der Waals surface area contributed by atoms with Crippen LogP contribution in [0.4, 0.5) is 0 Å². The second-order valence-electron chi connectivity index (χ2n) is 13.6. The third-order valence-corrected chi connectivity index (χ3v) is 9.24. The van der Waals surface area contributed by atoms with Crippen LogP contribution < -0.4 is 29.6 Å². The van der Waals surface area contributed by atoms with Crippen molar-refractivity contribution in [2.24, 2.45) is 0 Å². The Labute approximate surface area is 351 Å². The third kappa shape index (κ3) is 28.3. The van der Waals surface area contributed by atoms with Gasteiger partial charge in [0.2, 0.25) is 5.91 Å². The molecule has 49 heavy (non-hydrogen) atoms. The molecule has 1 amide bonds. The van der Waals surface area contributed by atoms with Gasteiger partial charge >= 0.3 is 87.4 Å². The molecule has 11 nitrogen and oxygen atoms in total. The van der Waals surface area contributed by atoms with Crippen molar-refractivity contribution in [3.8, 4) is 0 Å². The molecule has 1 heterocycles. The standard InChI is InChI=1S/C36H68N4O7.Gd.Na/c1-3-5-7-9-11-13-15-18-22-39(23-19-16-14-12-10-8-6-4-2)33(41)21-17-20-24-40(31-36(46)47)32-27-37(29-34(42)43)25-26-38(28-32)30-35(44)45;;/h32H,3-31H2,1-2H3,(H,42,43)(H,44,45)(H,46,47);;/q;+3;+1. The number of carbonyl (C=O) groups excluding carboxylic acids is 1. The zero-order chi connectivity index (χ0) is 34.7. The van der Waals surface area contributed by atoms with Crippen LogP contribution in [-0.4, -0.2) is 130 Å². The summed E-state index contributed by atoms with van der Waals surface area (Å²) in [5, 5.41) is 28.4. The van der Waals surface area contributed by atoms with Gasteiger partial charge < -0.3 is 20.2 Å². The van der Waals surface area contributed by atoms with Crippen molar-refractivity contribution in [2.45, 2.75) is 142 Å². The number of carboxylic acids is 3. The predicted octanol–water partition coefficient (Wildman–Crippen LogP) is 2.81. The monoisotopic (exact) mass is 849 g/mol. The van der Waals surface area contributed by atoms with Crippen molar-refractivity contribution in [3.63, 3.8) is 0 Å². The van der Waals surface area contributed by atoms with Crippen LogP contribution in [0.3, 0.4) is 0 Å². The minimum absolute atomic E-state index is 0. The Morgan fingerprint density at radius 1 is 0.571 bits per heavy atom. The molecular formula is C36H68GdN4NaO7+4. The third-order valence-electron chi connectivity index (χ3n) is 9.24. The van der Waals surface area contributed by atoms with Gasteiger partial charge in [0.1, 0.15) is 0 Å². The van der Waals surface area contributed by atoms with E-state index in [1.807, 2.05) is 4.90 Å². The Morgan fingerprint density at radius 3 is 1.35 bits per heavy atom. The maximum Gasteiger partial charge on any atom is 3.00 e. The zero-order valence-electron chi connectivity index (χ0n) is 31.2. The molecule has 1 rings (SSSR count). The summed E-state index contributed by atoms with van der Waals surface area (Å²) in [6.45, 7) is 7.43. The second kappa shape index (κ2) is 33.9. The molecule has 0 aromatic carbocycles. The van der Waals surface area contributed by atoms with E-state index in [0.29, 0.717) is 52.0 Å². The first-order chi connectivity index (χ1) is 22.7. The molecule has 0 spiro atoms. The number of carboxylic acid groups (broad SMARTS) is 3. The summed E-state index contributed by atoms with van der Waals surface area (Å²) in [5.74, 6) is -2.75. The predicted molar refractivity (Wildman–Crippen MR) is 187 cm³/mol. The smallest absolute Gasteiger partial charge is 0.480 e. The van der Waals surface area contributed by atoms with Crippen LogP contribution in [0.1, 0.15) is 136 Å². The number of unbranched alkanes of at least 4 members (excludes halogenated alkanes) is 15. The largest absolute Gasteiger partial charge is 3.00 e. The molecule has 0 aliphatic carbocycles. The molecule has 0 atom stereocenters. The van der Waals surface area contributed by atoms with Crippen molar-refractivity contribution in [2.75, 3.05) is 65.4 Å². The van der Waals surface area contributed by atoms with Gasteiger partial charge in [0, 0.05) is 51.7 Å². The Balaban J connectivity index is 0. The fourth-order valence-electron chi connectivity index (χ4n) is 6.57. The van der Waals surface area contributed by atoms with Crippen LogP contribution in [0.25, 0.3) is 0 Å². The van der Waals surface area contributed by atoms with Gasteiger partial charge in [0.15, 0.2) is 0 Å². The Bertz CT molecular complexity index is 827. The minimum Gasteiger partial charge on any atom is -0.480 e. The van der Waals surface area contributed by atoms with Gasteiger partial charge in [-0.05, 0) is 32.2 Å². The van der Waals surface area contributed by atoms with Gasteiger partial charge in [-0.1, -0.05) is 104 Å². The quantitative estimate of drug-likeness (QED) is 0.0731. The first-order valence-electron chi connectivity index (χ1n) is 18.8. The average Bonchev–Trinajstić information content (AvgIpc) is 3.20. The van der Waals surface area contributed by atoms with E-state index >= 15 is 0 Å². The Morgan fingerprint density at radius 2 is 0.959 bits per heavy atom. The van der Waals surface area contributed by atoms with Crippen molar-refractivity contribution in [3.05, 3.63) is 0 Å². The van der Waals surface area contributed by atoms with Crippen LogP contribution in [0.15, 0.2) is 0 Å². The van der Waals surface area contributed by atoms with Gasteiger partial charge in [-0.15, -0.1) is 0 Å². The van der Waals surface area contributed by atoms with Crippen LogP contribution in [-0.2, 0) is 19.2 Å². The number of rotatable bonds is 30. The molecule has 1 aliphatic heterocycles. The van der Waals surface area contributed by atoms with E-state index in [1.165, 1.54) is 77.0 Å². The molecule has 0 aromatic heterocycles. The summed E-state index contributed by atoms with van der Waals surface area (Å²) >= 11 is 0. The topological polar surface area (TPSA) is 142 Å². The molecule has 279 valence electrons. The Kier molecular flexibility index (Phi) is 35.4. The number of nitrogens with zero attached hydrogens (tertiary/aromatic N) is 4. The molecule has 1 radical (unpaired) electrons. The molecule has 0 unspecified atom stereocenters. The van der Waals surface area contributed by atoms with Crippen LogP contribution in [0.5, 0.6) is 0 Å². The van der Waals surface area contributed by atoms with Crippen molar-refractivity contribution < 1.29 is 104 Å². The van der Waals surface area contributed by atoms with E-state index < -0.39 is 17.9 Å². The number of carbonyl (C=O) groups is 4. The molecule has 1 saturated heterocycles. The van der Waals surface area contributed by atoms with Gasteiger partial charge in [-0.25, -0.2) is 0 Å². The number of hydrogen-bond donors (Lipinski definition) is 3. The van der Waals surface area contributed by atoms with Crippen molar-refractivity contribution in [1.29, 1.82) is 0 Å². The van der Waals surface area contributed by atoms with Crippen LogP contribution in [0, 0.1) is 39.9 Å². The van der Waals surface area contributed by atoms with E-state index in [9.17, 15) is 34.5 Å². The second-order valence-corrected chi connectivity index (χ2v) is 13.6. The first-order valence-corrected chi connectivity index (χ1v) is 18.8. The molecule has 13 heteroatoms. The molecule has 0 aromatic rings. The van der Waals surface area contributed by atoms with Crippen molar-refractivity contribution in [1.82, 2.24) is 19.6 Å². The fraction of sp³-hybridized carbons (Fsp3) is 0.889. The van der Waals surface area contributed by atoms with Gasteiger partial charge in [0.25, 0.3) is 0 Å². The van der Waals surface area contributed by atoms with E-state index in [4.69, 9.17) is 0 Å². The molecular weight excluding hydrogens is 781 g/mol. The number of aliphatic carboxylic acids is 3. The molecule has 1 aliphatic rings. The average molecular weight is 849 g/mol. The zero-order valence-corrected chi connectivity index (χ0v) is 35.5. The maximum absolute atomic E-state index is 13.4. The Hall–Kier alpha value is 0.0847. The van der Waals surface area contributed by atoms with Gasteiger partial charge in [-0.2, -0.15) is 0 Å². The van der Waals surface area contributed by atoms with Crippen LogP contribution in [0.2, 0.25) is 0 Å². The summed E-state index contributed by atoms with van der Waals surface area (Å²) < 4.78 is 0. The SMILES string of the molecule is CCCCCCCCCCN(CCCCCCCCCC)C(=O)CCCCN(CC(=O)O)C1CN(CC(=O)O)CCN(CC(=O)O)C1.[Gd+3].[Na+]. The number of amides is 1.